The van der Waals surface area contributed by atoms with Gasteiger partial charge in [0.05, 0.1) is 0 Å². The van der Waals surface area contributed by atoms with Crippen molar-refractivity contribution in [3.8, 4) is 0 Å². The summed E-state index contributed by atoms with van der Waals surface area (Å²) in [6.07, 6.45) is 1.42. The van der Waals surface area contributed by atoms with E-state index in [-0.39, 0.29) is 11.9 Å². The molecule has 0 atom stereocenters. The fourth-order valence-corrected chi connectivity index (χ4v) is 1.42. The number of nitrogens with zero attached hydrogens (tertiary/aromatic N) is 3. The molecule has 0 aliphatic rings. The Morgan fingerprint density at radius 1 is 1.26 bits per heavy atom. The van der Waals surface area contributed by atoms with Gasteiger partial charge in [-0.1, -0.05) is 6.92 Å². The minimum Gasteiger partial charge on any atom is -0.370 e. The molecule has 0 aromatic carbocycles. The second-order valence-corrected chi connectivity index (χ2v) is 4.39. The Kier molecular flexibility index (Phi) is 5.84. The van der Waals surface area contributed by atoms with Crippen LogP contribution in [0.25, 0.3) is 0 Å². The molecule has 7 heteroatoms. The summed E-state index contributed by atoms with van der Waals surface area (Å²) in [6.45, 7) is 3.42. The van der Waals surface area contributed by atoms with Gasteiger partial charge in [0.2, 0.25) is 11.9 Å². The molecule has 0 spiro atoms. The molecule has 0 unspecified atom stereocenters. The minimum atomic E-state index is 0.0684. The first-order valence-corrected chi connectivity index (χ1v) is 6.35. The van der Waals surface area contributed by atoms with Crippen molar-refractivity contribution in [2.45, 2.75) is 19.8 Å². The highest BCUT2D eigenvalue weighted by Crippen LogP contribution is 2.12. The number of carbonyl (C=O) groups is 1. The fraction of sp³-hybridized carbons (Fsp3) is 0.583. The maximum absolute atomic E-state index is 11.4. The van der Waals surface area contributed by atoms with Gasteiger partial charge in [-0.2, -0.15) is 9.97 Å². The largest absolute Gasteiger partial charge is 0.370 e. The predicted molar refractivity (Wildman–Crippen MR) is 77.0 cm³/mol. The Labute approximate surface area is 113 Å². The molecule has 0 aliphatic heterocycles. The third-order valence-corrected chi connectivity index (χ3v) is 2.44. The van der Waals surface area contributed by atoms with Crippen molar-refractivity contribution in [3.63, 3.8) is 0 Å². The number of hydrogen-bond donors (Lipinski definition) is 3. The molecule has 0 bridgehead atoms. The van der Waals surface area contributed by atoms with E-state index in [0.29, 0.717) is 24.6 Å². The van der Waals surface area contributed by atoms with Crippen molar-refractivity contribution >= 4 is 23.5 Å². The monoisotopic (exact) mass is 266 g/mol. The van der Waals surface area contributed by atoms with Crippen molar-refractivity contribution in [3.05, 3.63) is 6.07 Å². The van der Waals surface area contributed by atoms with Crippen LogP contribution in [-0.2, 0) is 4.79 Å². The van der Waals surface area contributed by atoms with E-state index in [4.69, 9.17) is 5.73 Å². The Morgan fingerprint density at radius 3 is 2.37 bits per heavy atom. The van der Waals surface area contributed by atoms with Crippen molar-refractivity contribution in [2.75, 3.05) is 43.6 Å². The van der Waals surface area contributed by atoms with Gasteiger partial charge in [-0.05, 0) is 6.42 Å². The van der Waals surface area contributed by atoms with Crippen molar-refractivity contribution in [1.82, 2.24) is 14.9 Å². The average Bonchev–Trinajstić information content (AvgIpc) is 2.35. The molecule has 106 valence electrons. The van der Waals surface area contributed by atoms with Crippen LogP contribution in [0.4, 0.5) is 17.6 Å². The first-order chi connectivity index (χ1) is 9.02. The minimum absolute atomic E-state index is 0.0684. The van der Waals surface area contributed by atoms with Gasteiger partial charge in [-0.3, -0.25) is 4.79 Å². The first kappa shape index (κ1) is 15.0. The number of hydrogen-bond acceptors (Lipinski definition) is 6. The number of rotatable bonds is 7. The number of carbonyl (C=O) groups excluding carboxylic acids is 1. The number of anilines is 3. The van der Waals surface area contributed by atoms with Gasteiger partial charge < -0.3 is 21.3 Å². The summed E-state index contributed by atoms with van der Waals surface area (Å²) in [7, 11) is 3.47. The van der Waals surface area contributed by atoms with Gasteiger partial charge in [-0.25, -0.2) is 0 Å². The van der Waals surface area contributed by atoms with Crippen LogP contribution >= 0.6 is 0 Å². The molecule has 0 saturated heterocycles. The van der Waals surface area contributed by atoms with E-state index in [1.165, 1.54) is 0 Å². The Bertz CT molecular complexity index is 421. The van der Waals surface area contributed by atoms with E-state index in [1.807, 2.05) is 0 Å². The number of aromatic nitrogens is 2. The van der Waals surface area contributed by atoms with E-state index in [0.717, 1.165) is 13.0 Å². The van der Waals surface area contributed by atoms with Crippen LogP contribution in [0, 0.1) is 0 Å². The summed E-state index contributed by atoms with van der Waals surface area (Å²) in [5, 5.41) is 6.22. The van der Waals surface area contributed by atoms with E-state index in [1.54, 1.807) is 25.1 Å². The van der Waals surface area contributed by atoms with Crippen LogP contribution in [0.15, 0.2) is 6.07 Å². The van der Waals surface area contributed by atoms with Crippen LogP contribution in [0.5, 0.6) is 0 Å². The summed E-state index contributed by atoms with van der Waals surface area (Å²) >= 11 is 0. The molecule has 7 nitrogen and oxygen atoms in total. The first-order valence-electron chi connectivity index (χ1n) is 6.35. The van der Waals surface area contributed by atoms with E-state index >= 15 is 0 Å². The summed E-state index contributed by atoms with van der Waals surface area (Å²) in [4.78, 5) is 21.1. The lowest BCUT2D eigenvalue weighted by Crippen LogP contribution is -2.24. The topological polar surface area (TPSA) is 96.2 Å². The van der Waals surface area contributed by atoms with Crippen LogP contribution in [0.3, 0.4) is 0 Å². The van der Waals surface area contributed by atoms with E-state index in [9.17, 15) is 4.79 Å². The zero-order valence-electron chi connectivity index (χ0n) is 11.7. The quantitative estimate of drug-likeness (QED) is 0.674. The SMILES string of the molecule is CCCNc1cc(NCCC(=O)N(C)C)nc(N)n1. The van der Waals surface area contributed by atoms with Crippen molar-refractivity contribution in [1.29, 1.82) is 0 Å². The molecule has 0 aliphatic carbocycles. The zero-order valence-corrected chi connectivity index (χ0v) is 11.7. The van der Waals surface area contributed by atoms with E-state index < -0.39 is 0 Å². The molecular weight excluding hydrogens is 244 g/mol. The highest BCUT2D eigenvalue weighted by molar-refractivity contribution is 5.76. The zero-order chi connectivity index (χ0) is 14.3. The number of amides is 1. The molecule has 0 radical (unpaired) electrons. The molecule has 1 rings (SSSR count). The van der Waals surface area contributed by atoms with Crippen LogP contribution in [-0.4, -0.2) is 48.0 Å². The molecular formula is C12H22N6O. The molecule has 1 aromatic rings. The predicted octanol–water partition coefficient (Wildman–Crippen LogP) is 0.771. The molecule has 0 fully saturated rings. The summed E-state index contributed by atoms with van der Waals surface area (Å²) < 4.78 is 0. The van der Waals surface area contributed by atoms with Gasteiger partial charge >= 0.3 is 0 Å². The maximum atomic E-state index is 11.4. The number of nitrogens with two attached hydrogens (primary N) is 1. The van der Waals surface area contributed by atoms with Crippen LogP contribution in [0.1, 0.15) is 19.8 Å². The lowest BCUT2D eigenvalue weighted by molar-refractivity contribution is -0.128. The average molecular weight is 266 g/mol. The molecule has 0 saturated carbocycles. The van der Waals surface area contributed by atoms with Crippen LogP contribution in [0.2, 0.25) is 0 Å². The van der Waals surface area contributed by atoms with Gasteiger partial charge in [0.25, 0.3) is 0 Å². The Balaban J connectivity index is 2.53. The fourth-order valence-electron chi connectivity index (χ4n) is 1.42. The second-order valence-electron chi connectivity index (χ2n) is 4.39. The standard InChI is InChI=1S/C12H22N6O/c1-4-6-14-9-8-10(17-12(13)16-9)15-7-5-11(19)18(2)3/h8H,4-7H2,1-3H3,(H4,13,14,15,16,17). The van der Waals surface area contributed by atoms with Gasteiger partial charge in [0.15, 0.2) is 0 Å². The van der Waals surface area contributed by atoms with Crippen molar-refractivity contribution in [2.24, 2.45) is 0 Å². The third-order valence-electron chi connectivity index (χ3n) is 2.44. The normalized spacial score (nSPS) is 10.1. The maximum Gasteiger partial charge on any atom is 0.223 e. The summed E-state index contributed by atoms with van der Waals surface area (Å²) in [6, 6.07) is 1.78. The van der Waals surface area contributed by atoms with Gasteiger partial charge in [0.1, 0.15) is 11.6 Å². The lowest BCUT2D eigenvalue weighted by Gasteiger charge is -2.12. The van der Waals surface area contributed by atoms with E-state index in [2.05, 4.69) is 27.5 Å². The van der Waals surface area contributed by atoms with Gasteiger partial charge in [0, 0.05) is 39.7 Å². The van der Waals surface area contributed by atoms with Crippen LogP contribution < -0.4 is 16.4 Å². The van der Waals surface area contributed by atoms with Crippen molar-refractivity contribution < 1.29 is 4.79 Å². The smallest absolute Gasteiger partial charge is 0.223 e. The highest BCUT2D eigenvalue weighted by Gasteiger charge is 2.05. The number of nitrogen functional groups attached to an aromatic ring is 1. The molecule has 4 N–H and O–H groups in total. The van der Waals surface area contributed by atoms with Gasteiger partial charge in [-0.15, -0.1) is 0 Å². The molecule has 19 heavy (non-hydrogen) atoms. The molecule has 1 aromatic heterocycles. The molecule has 1 heterocycles. The third kappa shape index (κ3) is 5.41. The molecule has 1 amide bonds. The summed E-state index contributed by atoms with van der Waals surface area (Å²) in [5.41, 5.74) is 5.63. The second kappa shape index (κ2) is 7.40. The number of nitrogens with one attached hydrogen (secondary N) is 2. The summed E-state index contributed by atoms with van der Waals surface area (Å²) in [5.74, 6) is 1.59. The lowest BCUT2D eigenvalue weighted by atomic mass is 10.3. The Morgan fingerprint density at radius 2 is 1.84 bits per heavy atom. The Hall–Kier alpha value is -2.05. The highest BCUT2D eigenvalue weighted by atomic mass is 16.2.